The number of rotatable bonds is 5. The van der Waals surface area contributed by atoms with Crippen LogP contribution in [-0.2, 0) is 11.2 Å². The standard InChI is InChI=1S/C17H18N6O/c1-3-13-8-14(20-12(2)24)10-15(9-13)21-17-19-11-23(22-17)16-6-4-5-7-18-16/h4-11H,3H2,1-2H3,(H,20,24)(H,21,22). The van der Waals surface area contributed by atoms with E-state index in [1.165, 1.54) is 6.92 Å². The second kappa shape index (κ2) is 6.91. The Morgan fingerprint density at radius 3 is 2.71 bits per heavy atom. The number of carbonyl (C=O) groups excluding carboxylic acids is 1. The van der Waals surface area contributed by atoms with Crippen molar-refractivity contribution in [1.82, 2.24) is 19.7 Å². The molecular weight excluding hydrogens is 304 g/mol. The molecule has 1 amide bonds. The van der Waals surface area contributed by atoms with Gasteiger partial charge < -0.3 is 10.6 Å². The van der Waals surface area contributed by atoms with E-state index in [4.69, 9.17) is 0 Å². The topological polar surface area (TPSA) is 84.7 Å². The molecule has 0 spiro atoms. The molecular formula is C17H18N6O. The fourth-order valence-corrected chi connectivity index (χ4v) is 2.29. The van der Waals surface area contributed by atoms with Gasteiger partial charge in [-0.1, -0.05) is 13.0 Å². The first-order valence-electron chi connectivity index (χ1n) is 7.65. The van der Waals surface area contributed by atoms with Crippen LogP contribution in [0.5, 0.6) is 0 Å². The second-order valence-corrected chi connectivity index (χ2v) is 5.28. The fraction of sp³-hybridized carbons (Fsp3) is 0.176. The highest BCUT2D eigenvalue weighted by molar-refractivity contribution is 5.89. The van der Waals surface area contributed by atoms with Gasteiger partial charge in [0.05, 0.1) is 0 Å². The summed E-state index contributed by atoms with van der Waals surface area (Å²) in [4.78, 5) is 19.8. The minimum atomic E-state index is -0.105. The summed E-state index contributed by atoms with van der Waals surface area (Å²) in [5, 5.41) is 10.3. The number of benzene rings is 1. The first kappa shape index (κ1) is 15.7. The highest BCUT2D eigenvalue weighted by Gasteiger charge is 2.06. The molecule has 0 aliphatic heterocycles. The molecule has 1 aromatic carbocycles. The van der Waals surface area contributed by atoms with Crippen LogP contribution >= 0.6 is 0 Å². The van der Waals surface area contributed by atoms with Crippen LogP contribution in [0.25, 0.3) is 5.82 Å². The zero-order valence-electron chi connectivity index (χ0n) is 13.5. The van der Waals surface area contributed by atoms with Crippen molar-refractivity contribution in [3.05, 3.63) is 54.5 Å². The highest BCUT2D eigenvalue weighted by atomic mass is 16.1. The predicted molar refractivity (Wildman–Crippen MR) is 92.6 cm³/mol. The number of hydrogen-bond acceptors (Lipinski definition) is 5. The normalized spacial score (nSPS) is 10.4. The van der Waals surface area contributed by atoms with Crippen molar-refractivity contribution in [2.75, 3.05) is 10.6 Å². The van der Waals surface area contributed by atoms with Gasteiger partial charge >= 0.3 is 0 Å². The molecule has 0 unspecified atom stereocenters. The molecule has 3 aromatic rings. The molecule has 2 heterocycles. The van der Waals surface area contributed by atoms with Crippen molar-refractivity contribution in [1.29, 1.82) is 0 Å². The molecule has 7 nitrogen and oxygen atoms in total. The highest BCUT2D eigenvalue weighted by Crippen LogP contribution is 2.22. The number of carbonyl (C=O) groups is 1. The van der Waals surface area contributed by atoms with Crippen molar-refractivity contribution < 1.29 is 4.79 Å². The van der Waals surface area contributed by atoms with Crippen LogP contribution in [0.3, 0.4) is 0 Å². The maximum atomic E-state index is 11.3. The average Bonchev–Trinajstić information content (AvgIpc) is 3.03. The van der Waals surface area contributed by atoms with E-state index in [2.05, 4.69) is 32.6 Å². The molecule has 0 radical (unpaired) electrons. The summed E-state index contributed by atoms with van der Waals surface area (Å²) in [6.07, 6.45) is 4.16. The van der Waals surface area contributed by atoms with Crippen molar-refractivity contribution in [2.24, 2.45) is 0 Å². The van der Waals surface area contributed by atoms with Crippen LogP contribution in [0.4, 0.5) is 17.3 Å². The Kier molecular flexibility index (Phi) is 4.51. The predicted octanol–water partition coefficient (Wildman–Crippen LogP) is 2.93. The molecule has 0 fully saturated rings. The van der Waals surface area contributed by atoms with Crippen LogP contribution in [0.15, 0.2) is 48.9 Å². The Hall–Kier alpha value is -3.22. The van der Waals surface area contributed by atoms with E-state index in [-0.39, 0.29) is 5.91 Å². The Labute approximate surface area is 139 Å². The zero-order chi connectivity index (χ0) is 16.9. The van der Waals surface area contributed by atoms with E-state index in [1.807, 2.05) is 36.4 Å². The molecule has 2 N–H and O–H groups in total. The molecule has 0 aliphatic carbocycles. The van der Waals surface area contributed by atoms with Gasteiger partial charge in [0, 0.05) is 24.5 Å². The molecule has 24 heavy (non-hydrogen) atoms. The van der Waals surface area contributed by atoms with E-state index in [9.17, 15) is 4.79 Å². The van der Waals surface area contributed by atoms with Crippen LogP contribution in [0.1, 0.15) is 19.4 Å². The summed E-state index contributed by atoms with van der Waals surface area (Å²) >= 11 is 0. The number of nitrogens with one attached hydrogen (secondary N) is 2. The monoisotopic (exact) mass is 322 g/mol. The summed E-state index contributed by atoms with van der Waals surface area (Å²) in [5.74, 6) is 1.05. The lowest BCUT2D eigenvalue weighted by molar-refractivity contribution is -0.114. The van der Waals surface area contributed by atoms with Crippen molar-refractivity contribution in [2.45, 2.75) is 20.3 Å². The Morgan fingerprint density at radius 2 is 2.00 bits per heavy atom. The minimum Gasteiger partial charge on any atom is -0.326 e. The number of amides is 1. The van der Waals surface area contributed by atoms with Gasteiger partial charge in [0.25, 0.3) is 0 Å². The first-order chi connectivity index (χ1) is 11.6. The maximum Gasteiger partial charge on any atom is 0.247 e. The van der Waals surface area contributed by atoms with Crippen LogP contribution in [0, 0.1) is 0 Å². The van der Waals surface area contributed by atoms with Gasteiger partial charge in [0.15, 0.2) is 5.82 Å². The van der Waals surface area contributed by atoms with Gasteiger partial charge in [0.2, 0.25) is 11.9 Å². The van der Waals surface area contributed by atoms with E-state index < -0.39 is 0 Å². The van der Waals surface area contributed by atoms with Crippen molar-refractivity contribution in [3.63, 3.8) is 0 Å². The quantitative estimate of drug-likeness (QED) is 0.754. The summed E-state index contributed by atoms with van der Waals surface area (Å²) < 4.78 is 1.60. The number of nitrogens with zero attached hydrogens (tertiary/aromatic N) is 4. The van der Waals surface area contributed by atoms with Gasteiger partial charge in [-0.05, 0) is 42.3 Å². The number of anilines is 3. The number of hydrogen-bond donors (Lipinski definition) is 2. The van der Waals surface area contributed by atoms with E-state index in [0.29, 0.717) is 11.8 Å². The van der Waals surface area contributed by atoms with Gasteiger partial charge in [0.1, 0.15) is 6.33 Å². The summed E-state index contributed by atoms with van der Waals surface area (Å²) in [5.41, 5.74) is 2.67. The van der Waals surface area contributed by atoms with Gasteiger partial charge in [-0.15, -0.1) is 5.10 Å². The van der Waals surface area contributed by atoms with E-state index >= 15 is 0 Å². The lowest BCUT2D eigenvalue weighted by atomic mass is 10.1. The van der Waals surface area contributed by atoms with E-state index in [1.54, 1.807) is 17.2 Å². The first-order valence-corrected chi connectivity index (χ1v) is 7.65. The lowest BCUT2D eigenvalue weighted by Gasteiger charge is -2.09. The SMILES string of the molecule is CCc1cc(NC(C)=O)cc(Nc2ncn(-c3ccccn3)n2)c1. The number of aryl methyl sites for hydroxylation is 1. The molecule has 7 heteroatoms. The Balaban J connectivity index is 1.83. The molecule has 0 bridgehead atoms. The third kappa shape index (κ3) is 3.75. The summed E-state index contributed by atoms with van der Waals surface area (Å²) in [6.45, 7) is 3.55. The number of aromatic nitrogens is 4. The van der Waals surface area contributed by atoms with Crippen molar-refractivity contribution >= 4 is 23.2 Å². The van der Waals surface area contributed by atoms with Gasteiger partial charge in [-0.25, -0.2) is 9.67 Å². The van der Waals surface area contributed by atoms with Crippen LogP contribution < -0.4 is 10.6 Å². The Morgan fingerprint density at radius 1 is 1.17 bits per heavy atom. The smallest absolute Gasteiger partial charge is 0.247 e. The third-order valence-corrected chi connectivity index (χ3v) is 3.35. The lowest BCUT2D eigenvalue weighted by Crippen LogP contribution is -2.06. The molecule has 0 aliphatic rings. The summed E-state index contributed by atoms with van der Waals surface area (Å²) in [6, 6.07) is 11.4. The molecule has 2 aromatic heterocycles. The second-order valence-electron chi connectivity index (χ2n) is 5.28. The fourth-order valence-electron chi connectivity index (χ4n) is 2.29. The molecule has 0 saturated heterocycles. The molecule has 3 rings (SSSR count). The third-order valence-electron chi connectivity index (χ3n) is 3.35. The molecule has 0 atom stereocenters. The molecule has 122 valence electrons. The van der Waals surface area contributed by atoms with Gasteiger partial charge in [-0.2, -0.15) is 4.98 Å². The minimum absolute atomic E-state index is 0.105. The molecule has 0 saturated carbocycles. The summed E-state index contributed by atoms with van der Waals surface area (Å²) in [7, 11) is 0. The largest absolute Gasteiger partial charge is 0.326 e. The van der Waals surface area contributed by atoms with E-state index in [0.717, 1.165) is 23.4 Å². The van der Waals surface area contributed by atoms with Crippen molar-refractivity contribution in [3.8, 4) is 5.82 Å². The van der Waals surface area contributed by atoms with Crippen LogP contribution in [-0.4, -0.2) is 25.7 Å². The van der Waals surface area contributed by atoms with Crippen LogP contribution in [0.2, 0.25) is 0 Å². The number of pyridine rings is 1. The average molecular weight is 322 g/mol. The van der Waals surface area contributed by atoms with Gasteiger partial charge in [-0.3, -0.25) is 4.79 Å². The Bertz CT molecular complexity index is 843. The zero-order valence-corrected chi connectivity index (χ0v) is 13.5. The maximum absolute atomic E-state index is 11.3.